The van der Waals surface area contributed by atoms with Crippen molar-refractivity contribution in [2.24, 2.45) is 0 Å². The number of hydrogen-bond donors (Lipinski definition) is 0. The molecule has 1 aromatic carbocycles. The summed E-state index contributed by atoms with van der Waals surface area (Å²) >= 11 is 0. The van der Waals surface area contributed by atoms with Crippen LogP contribution in [0.15, 0.2) is 24.3 Å². The van der Waals surface area contributed by atoms with Gasteiger partial charge in [0.25, 0.3) is 0 Å². The summed E-state index contributed by atoms with van der Waals surface area (Å²) in [6.45, 7) is 0.433. The zero-order chi connectivity index (χ0) is 14.2. The van der Waals surface area contributed by atoms with Gasteiger partial charge in [0, 0.05) is 11.5 Å². The Morgan fingerprint density at radius 1 is 1.32 bits per heavy atom. The summed E-state index contributed by atoms with van der Waals surface area (Å²) in [4.78, 5) is 12.2. The second-order valence-electron chi connectivity index (χ2n) is 4.77. The van der Waals surface area contributed by atoms with Crippen molar-refractivity contribution in [2.75, 3.05) is 20.1 Å². The van der Waals surface area contributed by atoms with Crippen LogP contribution in [0.4, 0.5) is 13.2 Å². The average Bonchev–Trinajstić information content (AvgIpc) is 2.70. The number of benzene rings is 1. The highest BCUT2D eigenvalue weighted by atomic mass is 19.4. The van der Waals surface area contributed by atoms with E-state index in [9.17, 15) is 23.3 Å². The van der Waals surface area contributed by atoms with Gasteiger partial charge in [0.2, 0.25) is 6.04 Å². The van der Waals surface area contributed by atoms with Crippen molar-refractivity contribution in [3.05, 3.63) is 45.5 Å². The first-order valence-corrected chi connectivity index (χ1v) is 5.79. The molecule has 0 aliphatic carbocycles. The summed E-state index contributed by atoms with van der Waals surface area (Å²) in [6, 6.07) is 4.10. The van der Waals surface area contributed by atoms with Crippen molar-refractivity contribution in [1.82, 2.24) is 4.90 Å². The maximum atomic E-state index is 12.9. The molecule has 1 aromatic rings. The zero-order valence-electron chi connectivity index (χ0n) is 10.2. The predicted octanol–water partition coefficient (Wildman–Crippen LogP) is 2.38. The van der Waals surface area contributed by atoms with Gasteiger partial charge in [-0.05, 0) is 18.7 Å². The van der Waals surface area contributed by atoms with E-state index in [1.807, 2.05) is 0 Å². The van der Waals surface area contributed by atoms with Gasteiger partial charge in [-0.3, -0.25) is 15.0 Å². The number of nitrogens with zero attached hydrogens (tertiary/aromatic N) is 2. The van der Waals surface area contributed by atoms with E-state index in [-0.39, 0.29) is 18.7 Å². The normalized spacial score (nSPS) is 24.6. The second kappa shape index (κ2) is 4.80. The van der Waals surface area contributed by atoms with Crippen molar-refractivity contribution in [2.45, 2.75) is 18.1 Å². The fraction of sp³-hybridized carbons (Fsp3) is 0.500. The van der Waals surface area contributed by atoms with E-state index in [1.54, 1.807) is 11.9 Å². The summed E-state index contributed by atoms with van der Waals surface area (Å²) in [6.07, 6.45) is -4.49. The van der Waals surface area contributed by atoms with Gasteiger partial charge >= 0.3 is 6.18 Å². The monoisotopic (exact) mass is 274 g/mol. The minimum absolute atomic E-state index is 0.0149. The van der Waals surface area contributed by atoms with E-state index in [1.165, 1.54) is 18.2 Å². The molecule has 7 heteroatoms. The van der Waals surface area contributed by atoms with Crippen molar-refractivity contribution < 1.29 is 18.1 Å². The van der Waals surface area contributed by atoms with E-state index < -0.39 is 28.6 Å². The molecule has 0 aromatic heterocycles. The maximum absolute atomic E-state index is 12.9. The molecule has 0 amide bonds. The Bertz CT molecular complexity index is 490. The fourth-order valence-electron chi connectivity index (χ4n) is 2.58. The van der Waals surface area contributed by atoms with E-state index in [0.29, 0.717) is 0 Å². The van der Waals surface area contributed by atoms with Gasteiger partial charge in [-0.1, -0.05) is 18.2 Å². The third-order valence-electron chi connectivity index (χ3n) is 3.41. The van der Waals surface area contributed by atoms with Gasteiger partial charge in [-0.25, -0.2) is 0 Å². The quantitative estimate of drug-likeness (QED) is 0.614. The van der Waals surface area contributed by atoms with Gasteiger partial charge in [-0.15, -0.1) is 0 Å². The van der Waals surface area contributed by atoms with Crippen LogP contribution < -0.4 is 0 Å². The first-order chi connectivity index (χ1) is 8.80. The van der Waals surface area contributed by atoms with Crippen LogP contribution in [-0.2, 0) is 6.18 Å². The predicted molar refractivity (Wildman–Crippen MR) is 62.5 cm³/mol. The molecule has 2 atom stereocenters. The second-order valence-corrected chi connectivity index (χ2v) is 4.77. The Hall–Kier alpha value is -1.63. The molecule has 0 N–H and O–H groups in total. The van der Waals surface area contributed by atoms with Gasteiger partial charge in [0.15, 0.2) is 0 Å². The van der Waals surface area contributed by atoms with Crippen LogP contribution in [0.2, 0.25) is 0 Å². The molecule has 0 unspecified atom stereocenters. The molecule has 104 valence electrons. The van der Waals surface area contributed by atoms with E-state index in [2.05, 4.69) is 0 Å². The molecule has 19 heavy (non-hydrogen) atoms. The topological polar surface area (TPSA) is 46.4 Å². The molecular weight excluding hydrogens is 261 g/mol. The van der Waals surface area contributed by atoms with Crippen LogP contribution in [0.25, 0.3) is 0 Å². The minimum atomic E-state index is -4.49. The number of likely N-dealkylation sites (tertiary alicyclic amines) is 1. The highest BCUT2D eigenvalue weighted by Gasteiger charge is 2.44. The molecule has 1 aliphatic heterocycles. The molecule has 1 saturated heterocycles. The van der Waals surface area contributed by atoms with Gasteiger partial charge < -0.3 is 0 Å². The van der Waals surface area contributed by atoms with Crippen LogP contribution >= 0.6 is 0 Å². The standard InChI is InChI=1S/C12H13F3N2O2/c1-16-6-9(11(7-16)17(18)19)8-4-2-3-5-10(8)12(13,14)15/h2-5,9,11H,6-7H2,1H3/t9-,11+/m0/s1. The molecule has 1 fully saturated rings. The lowest BCUT2D eigenvalue weighted by molar-refractivity contribution is -0.521. The van der Waals surface area contributed by atoms with Crippen molar-refractivity contribution in [3.8, 4) is 0 Å². The number of halogens is 3. The highest BCUT2D eigenvalue weighted by Crippen LogP contribution is 2.38. The number of hydrogen-bond acceptors (Lipinski definition) is 3. The summed E-state index contributed by atoms with van der Waals surface area (Å²) in [5.41, 5.74) is -0.761. The minimum Gasteiger partial charge on any atom is -0.299 e. The molecule has 0 bridgehead atoms. The third-order valence-corrected chi connectivity index (χ3v) is 3.41. The summed E-state index contributed by atoms with van der Waals surface area (Å²) in [5.74, 6) is -0.724. The summed E-state index contributed by atoms with van der Waals surface area (Å²) < 4.78 is 38.8. The van der Waals surface area contributed by atoms with E-state index >= 15 is 0 Å². The molecule has 0 radical (unpaired) electrons. The molecule has 0 saturated carbocycles. The lowest BCUT2D eigenvalue weighted by Gasteiger charge is -2.18. The van der Waals surface area contributed by atoms with Crippen molar-refractivity contribution in [3.63, 3.8) is 0 Å². The number of nitro groups is 1. The molecule has 0 spiro atoms. The first kappa shape index (κ1) is 13.8. The van der Waals surface area contributed by atoms with Crippen molar-refractivity contribution in [1.29, 1.82) is 0 Å². The Balaban J connectivity index is 2.44. The third kappa shape index (κ3) is 2.70. The number of likely N-dealkylation sites (N-methyl/N-ethyl adjacent to an activating group) is 1. The van der Waals surface area contributed by atoms with E-state index in [0.717, 1.165) is 6.07 Å². The van der Waals surface area contributed by atoms with Crippen LogP contribution in [0.3, 0.4) is 0 Å². The van der Waals surface area contributed by atoms with Gasteiger partial charge in [-0.2, -0.15) is 13.2 Å². The molecule has 2 rings (SSSR count). The Kier molecular flexibility index (Phi) is 3.49. The molecule has 1 aliphatic rings. The SMILES string of the molecule is CN1C[C@@H]([N+](=O)[O-])[C@H](c2ccccc2C(F)(F)F)C1. The Labute approximate surface area is 108 Å². The summed E-state index contributed by atoms with van der Waals surface area (Å²) in [7, 11) is 1.67. The zero-order valence-corrected chi connectivity index (χ0v) is 10.2. The van der Waals surface area contributed by atoms with E-state index in [4.69, 9.17) is 0 Å². The van der Waals surface area contributed by atoms with Crippen LogP contribution in [-0.4, -0.2) is 36.0 Å². The maximum Gasteiger partial charge on any atom is 0.416 e. The van der Waals surface area contributed by atoms with Crippen LogP contribution in [0.5, 0.6) is 0 Å². The first-order valence-electron chi connectivity index (χ1n) is 5.79. The number of alkyl halides is 3. The lowest BCUT2D eigenvalue weighted by atomic mass is 9.90. The van der Waals surface area contributed by atoms with Crippen LogP contribution in [0, 0.1) is 10.1 Å². The Morgan fingerprint density at radius 2 is 1.95 bits per heavy atom. The molecular formula is C12H13F3N2O2. The summed E-state index contributed by atoms with van der Waals surface area (Å²) in [5, 5.41) is 11.0. The van der Waals surface area contributed by atoms with Crippen molar-refractivity contribution >= 4 is 0 Å². The van der Waals surface area contributed by atoms with Crippen LogP contribution in [0.1, 0.15) is 17.0 Å². The smallest absolute Gasteiger partial charge is 0.299 e. The van der Waals surface area contributed by atoms with Gasteiger partial charge in [0.1, 0.15) is 0 Å². The lowest BCUT2D eigenvalue weighted by Crippen LogP contribution is -2.28. The molecule has 1 heterocycles. The van der Waals surface area contributed by atoms with Gasteiger partial charge in [0.05, 0.1) is 18.0 Å². The highest BCUT2D eigenvalue weighted by molar-refractivity contribution is 5.34. The average molecular weight is 274 g/mol. The molecule has 4 nitrogen and oxygen atoms in total. The largest absolute Gasteiger partial charge is 0.416 e. The Morgan fingerprint density at radius 3 is 2.53 bits per heavy atom. The fourth-order valence-corrected chi connectivity index (χ4v) is 2.58. The number of rotatable bonds is 2.